The van der Waals surface area contributed by atoms with Gasteiger partial charge in [0.05, 0.1) is 12.0 Å². The molecule has 2 unspecified atom stereocenters. The molecule has 9 nitrogen and oxygen atoms in total. The number of rotatable bonds is 10. The number of carbonyl (C=O) groups excluding carboxylic acids is 2. The van der Waals surface area contributed by atoms with E-state index in [0.717, 1.165) is 35.3 Å². The van der Waals surface area contributed by atoms with Crippen LogP contribution in [0.2, 0.25) is 0 Å². The summed E-state index contributed by atoms with van der Waals surface area (Å²) in [4.78, 5) is 32.1. The van der Waals surface area contributed by atoms with E-state index in [1.165, 1.54) is 18.9 Å². The maximum atomic E-state index is 13.3. The summed E-state index contributed by atoms with van der Waals surface area (Å²) in [6.07, 6.45) is 7.85. The average Bonchev–Trinajstić information content (AvgIpc) is 3.52. The number of aliphatic hydroxyl groups excluding tert-OH is 1. The Labute approximate surface area is 228 Å². The maximum absolute atomic E-state index is 13.3. The Morgan fingerprint density at radius 1 is 1.10 bits per heavy atom. The van der Waals surface area contributed by atoms with Crippen LogP contribution in [0.4, 0.5) is 11.6 Å². The molecule has 0 radical (unpaired) electrons. The lowest BCUT2D eigenvalue weighted by molar-refractivity contribution is -0.118. The molecule has 9 heteroatoms. The third-order valence-corrected chi connectivity index (χ3v) is 7.29. The standard InChI is InChI=1S/C30H36N6O3/c1-19(2)29(30(39)33-27-16-25(34-35-27)20-8-9-20)22-6-3-5-21(15-22)23-10-11-26(31-17-23)32-28(38)7-4-13-36-14-12-24(37)18-36/h3-7,10-11,15-17,19-20,24,29,37H,8-9,12-14,18H2,1-2H3,(H,31,32,38)(H2,33,34,35,39)/b7-4+. The fraction of sp³-hybridized carbons (Fsp3) is 0.400. The van der Waals surface area contributed by atoms with Gasteiger partial charge in [0.2, 0.25) is 11.8 Å². The van der Waals surface area contributed by atoms with Crippen molar-refractivity contribution in [2.24, 2.45) is 5.92 Å². The highest BCUT2D eigenvalue weighted by Gasteiger charge is 2.28. The van der Waals surface area contributed by atoms with Gasteiger partial charge in [-0.05, 0) is 48.4 Å². The Bertz CT molecular complexity index is 1330. The van der Waals surface area contributed by atoms with Crippen molar-refractivity contribution in [1.29, 1.82) is 0 Å². The summed E-state index contributed by atoms with van der Waals surface area (Å²) >= 11 is 0. The van der Waals surface area contributed by atoms with Gasteiger partial charge < -0.3 is 15.7 Å². The summed E-state index contributed by atoms with van der Waals surface area (Å²) in [5.41, 5.74) is 3.84. The molecule has 2 aliphatic rings. The third-order valence-electron chi connectivity index (χ3n) is 7.29. The van der Waals surface area contributed by atoms with Crippen molar-refractivity contribution >= 4 is 23.5 Å². The molecule has 5 rings (SSSR count). The molecule has 1 aliphatic carbocycles. The average molecular weight is 529 g/mol. The van der Waals surface area contributed by atoms with Gasteiger partial charge in [-0.3, -0.25) is 19.6 Å². The van der Waals surface area contributed by atoms with Crippen LogP contribution in [0, 0.1) is 5.92 Å². The second kappa shape index (κ2) is 11.9. The summed E-state index contributed by atoms with van der Waals surface area (Å²) in [6.45, 7) is 6.19. The number of amides is 2. The molecule has 1 saturated heterocycles. The molecule has 1 aromatic carbocycles. The topological polar surface area (TPSA) is 123 Å². The van der Waals surface area contributed by atoms with Crippen LogP contribution >= 0.6 is 0 Å². The van der Waals surface area contributed by atoms with E-state index in [0.29, 0.717) is 30.6 Å². The minimum absolute atomic E-state index is 0.0823. The number of pyridine rings is 1. The highest BCUT2D eigenvalue weighted by atomic mass is 16.3. The number of hydrogen-bond donors (Lipinski definition) is 4. The van der Waals surface area contributed by atoms with Crippen LogP contribution in [0.25, 0.3) is 11.1 Å². The predicted octanol–water partition coefficient (Wildman–Crippen LogP) is 4.29. The first kappa shape index (κ1) is 26.8. The summed E-state index contributed by atoms with van der Waals surface area (Å²) in [5, 5.41) is 22.7. The van der Waals surface area contributed by atoms with Crippen molar-refractivity contribution in [3.05, 3.63) is 72.1 Å². The summed E-state index contributed by atoms with van der Waals surface area (Å²) in [5.74, 6) is 0.987. The lowest BCUT2D eigenvalue weighted by Gasteiger charge is -2.21. The van der Waals surface area contributed by atoms with Crippen molar-refractivity contribution in [3.8, 4) is 11.1 Å². The molecule has 0 bridgehead atoms. The molecule has 204 valence electrons. The second-order valence-corrected chi connectivity index (χ2v) is 10.8. The van der Waals surface area contributed by atoms with E-state index in [-0.39, 0.29) is 29.8 Å². The Morgan fingerprint density at radius 3 is 2.64 bits per heavy atom. The lowest BCUT2D eigenvalue weighted by Crippen LogP contribution is -2.25. The van der Waals surface area contributed by atoms with Gasteiger partial charge in [0.15, 0.2) is 5.82 Å². The number of aromatic amines is 1. The monoisotopic (exact) mass is 528 g/mol. The van der Waals surface area contributed by atoms with Crippen LogP contribution in [0.3, 0.4) is 0 Å². The quantitative estimate of drug-likeness (QED) is 0.291. The number of β-amino-alcohol motifs (C(OH)–C–C–N with tert-alkyl or cyclic N) is 1. The number of carbonyl (C=O) groups is 2. The molecule has 39 heavy (non-hydrogen) atoms. The van der Waals surface area contributed by atoms with Gasteiger partial charge in [0, 0.05) is 55.1 Å². The van der Waals surface area contributed by atoms with Crippen molar-refractivity contribution in [2.75, 3.05) is 30.3 Å². The van der Waals surface area contributed by atoms with Crippen LogP contribution in [0.1, 0.15) is 56.2 Å². The number of benzene rings is 1. The zero-order chi connectivity index (χ0) is 27.4. The van der Waals surface area contributed by atoms with Crippen LogP contribution in [0.15, 0.2) is 60.8 Å². The minimum atomic E-state index is -0.340. The molecule has 3 aromatic rings. The van der Waals surface area contributed by atoms with Crippen LogP contribution in [0.5, 0.6) is 0 Å². The van der Waals surface area contributed by atoms with Crippen molar-refractivity contribution in [2.45, 2.75) is 51.0 Å². The van der Waals surface area contributed by atoms with E-state index < -0.39 is 0 Å². The molecule has 0 spiro atoms. The lowest BCUT2D eigenvalue weighted by atomic mass is 9.86. The van der Waals surface area contributed by atoms with Gasteiger partial charge in [-0.15, -0.1) is 0 Å². The SMILES string of the molecule is CC(C)C(C(=O)Nc1cc(C2CC2)[nH]n1)c1cccc(-c2ccc(NC(=O)/C=C/CN3CCC(O)C3)nc2)c1. The number of aliphatic hydroxyl groups is 1. The van der Waals surface area contributed by atoms with Gasteiger partial charge in [-0.2, -0.15) is 5.10 Å². The molecule has 1 aliphatic heterocycles. The number of hydrogen-bond acceptors (Lipinski definition) is 6. The van der Waals surface area contributed by atoms with Crippen molar-refractivity contribution in [3.63, 3.8) is 0 Å². The fourth-order valence-corrected chi connectivity index (χ4v) is 5.05. The number of H-pyrrole nitrogens is 1. The Hall–Kier alpha value is -3.82. The number of aromatic nitrogens is 3. The first-order valence-electron chi connectivity index (χ1n) is 13.7. The van der Waals surface area contributed by atoms with Crippen LogP contribution < -0.4 is 10.6 Å². The van der Waals surface area contributed by atoms with E-state index in [1.807, 2.05) is 50.2 Å². The first-order chi connectivity index (χ1) is 18.9. The molecule has 2 atom stereocenters. The van der Waals surface area contributed by atoms with Gasteiger partial charge in [0.25, 0.3) is 0 Å². The molecule has 2 aromatic heterocycles. The summed E-state index contributed by atoms with van der Waals surface area (Å²) in [7, 11) is 0. The Morgan fingerprint density at radius 2 is 1.95 bits per heavy atom. The summed E-state index contributed by atoms with van der Waals surface area (Å²) in [6, 6.07) is 13.6. The van der Waals surface area contributed by atoms with Crippen LogP contribution in [-0.2, 0) is 9.59 Å². The van der Waals surface area contributed by atoms with Crippen molar-refractivity contribution in [1.82, 2.24) is 20.1 Å². The fourth-order valence-electron chi connectivity index (χ4n) is 5.05. The zero-order valence-corrected chi connectivity index (χ0v) is 22.4. The van der Waals surface area contributed by atoms with E-state index in [9.17, 15) is 14.7 Å². The smallest absolute Gasteiger partial charge is 0.249 e. The highest BCUT2D eigenvalue weighted by molar-refractivity contribution is 5.98. The molecule has 2 fully saturated rings. The van der Waals surface area contributed by atoms with Gasteiger partial charge >= 0.3 is 0 Å². The van der Waals surface area contributed by atoms with E-state index >= 15 is 0 Å². The maximum Gasteiger partial charge on any atom is 0.249 e. The molecule has 4 N–H and O–H groups in total. The minimum Gasteiger partial charge on any atom is -0.392 e. The molecular formula is C30H36N6O3. The normalized spacial score (nSPS) is 18.5. The molecule has 2 amide bonds. The summed E-state index contributed by atoms with van der Waals surface area (Å²) < 4.78 is 0. The van der Waals surface area contributed by atoms with E-state index in [4.69, 9.17) is 0 Å². The largest absolute Gasteiger partial charge is 0.392 e. The zero-order valence-electron chi connectivity index (χ0n) is 22.4. The number of anilines is 2. The van der Waals surface area contributed by atoms with Gasteiger partial charge in [-0.1, -0.05) is 44.2 Å². The van der Waals surface area contributed by atoms with Crippen molar-refractivity contribution < 1.29 is 14.7 Å². The van der Waals surface area contributed by atoms with E-state index in [2.05, 4.69) is 30.7 Å². The Kier molecular flexibility index (Phi) is 8.18. The van der Waals surface area contributed by atoms with E-state index in [1.54, 1.807) is 18.3 Å². The molecule has 1 saturated carbocycles. The molecular weight excluding hydrogens is 492 g/mol. The predicted molar refractivity (Wildman–Crippen MR) is 151 cm³/mol. The van der Waals surface area contributed by atoms with Crippen LogP contribution in [-0.4, -0.2) is 62.7 Å². The number of nitrogens with one attached hydrogen (secondary N) is 3. The second-order valence-electron chi connectivity index (χ2n) is 10.8. The molecule has 3 heterocycles. The van der Waals surface area contributed by atoms with Gasteiger partial charge in [0.1, 0.15) is 5.82 Å². The highest BCUT2D eigenvalue weighted by Crippen LogP contribution is 2.39. The van der Waals surface area contributed by atoms with Gasteiger partial charge in [-0.25, -0.2) is 4.98 Å². The number of nitrogens with zero attached hydrogens (tertiary/aromatic N) is 3. The number of likely N-dealkylation sites (tertiary alicyclic amines) is 1. The Balaban J connectivity index is 1.21. The third kappa shape index (κ3) is 6.99. The first-order valence-corrected chi connectivity index (χ1v) is 13.7.